The summed E-state index contributed by atoms with van der Waals surface area (Å²) in [5.41, 5.74) is 1.16. The van der Waals surface area contributed by atoms with Crippen molar-refractivity contribution in [2.75, 3.05) is 11.9 Å². The van der Waals surface area contributed by atoms with Crippen molar-refractivity contribution in [3.63, 3.8) is 0 Å². The highest BCUT2D eigenvalue weighted by molar-refractivity contribution is 6.30. The number of anilines is 1. The molecule has 7 nitrogen and oxygen atoms in total. The first-order chi connectivity index (χ1) is 13.8. The summed E-state index contributed by atoms with van der Waals surface area (Å²) < 4.78 is 15.6. The highest BCUT2D eigenvalue weighted by atomic mass is 35.5. The minimum Gasteiger partial charge on any atom is -0.482 e. The van der Waals surface area contributed by atoms with Crippen LogP contribution in [0, 0.1) is 6.92 Å². The quantitative estimate of drug-likeness (QED) is 0.487. The summed E-state index contributed by atoms with van der Waals surface area (Å²) >= 11 is 5.87. The smallest absolute Gasteiger partial charge is 0.344 e. The number of carbonyl (C=O) groups excluding carboxylic acids is 2. The third-order valence-electron chi connectivity index (χ3n) is 4.05. The van der Waals surface area contributed by atoms with Crippen molar-refractivity contribution >= 4 is 40.1 Å². The van der Waals surface area contributed by atoms with Crippen LogP contribution in [0.2, 0.25) is 5.02 Å². The Hall–Kier alpha value is -3.32. The molecule has 0 unspecified atom stereocenters. The number of esters is 1. The molecule has 1 aromatic heterocycles. The number of halogens is 1. The van der Waals surface area contributed by atoms with E-state index in [0.717, 1.165) is 10.9 Å². The molecule has 0 aliphatic heterocycles. The summed E-state index contributed by atoms with van der Waals surface area (Å²) in [5.74, 6) is -0.882. The van der Waals surface area contributed by atoms with E-state index < -0.39 is 30.2 Å². The van der Waals surface area contributed by atoms with Crippen molar-refractivity contribution in [2.24, 2.45) is 0 Å². The number of benzene rings is 2. The number of carbonyl (C=O) groups is 2. The zero-order valence-electron chi connectivity index (χ0n) is 15.7. The van der Waals surface area contributed by atoms with Crippen LogP contribution >= 0.6 is 11.6 Å². The summed E-state index contributed by atoms with van der Waals surface area (Å²) in [6.07, 6.45) is -1.03. The normalized spacial score (nSPS) is 11.7. The number of amides is 1. The molecule has 3 aromatic rings. The second-order valence-electron chi connectivity index (χ2n) is 6.33. The zero-order valence-corrected chi connectivity index (χ0v) is 16.5. The fourth-order valence-corrected chi connectivity index (χ4v) is 2.82. The third-order valence-corrected chi connectivity index (χ3v) is 4.28. The van der Waals surface area contributed by atoms with Gasteiger partial charge in [0.15, 0.2) is 12.7 Å². The molecule has 0 saturated carbocycles. The largest absolute Gasteiger partial charge is 0.482 e. The van der Waals surface area contributed by atoms with Gasteiger partial charge in [-0.15, -0.1) is 0 Å². The van der Waals surface area contributed by atoms with E-state index >= 15 is 0 Å². The fraction of sp³-hybridized carbons (Fsp3) is 0.190. The Labute approximate surface area is 171 Å². The van der Waals surface area contributed by atoms with Gasteiger partial charge in [0.2, 0.25) is 0 Å². The van der Waals surface area contributed by atoms with Gasteiger partial charge in [-0.25, -0.2) is 9.59 Å². The van der Waals surface area contributed by atoms with E-state index in [0.29, 0.717) is 22.0 Å². The Morgan fingerprint density at radius 2 is 1.97 bits per heavy atom. The minimum absolute atomic E-state index is 0.333. The lowest BCUT2D eigenvalue weighted by Crippen LogP contribution is -2.31. The molecule has 0 bridgehead atoms. The number of nitrogens with one attached hydrogen (secondary N) is 1. The molecule has 0 fully saturated rings. The molecule has 29 heavy (non-hydrogen) atoms. The molecule has 8 heteroatoms. The van der Waals surface area contributed by atoms with Crippen LogP contribution in [0.3, 0.4) is 0 Å². The van der Waals surface area contributed by atoms with E-state index in [1.807, 2.05) is 0 Å². The fourth-order valence-electron chi connectivity index (χ4n) is 2.63. The van der Waals surface area contributed by atoms with Crippen LogP contribution < -0.4 is 15.7 Å². The number of aryl methyl sites for hydroxylation is 1. The Balaban J connectivity index is 1.56. The average Bonchev–Trinajstić information content (AvgIpc) is 2.66. The maximum absolute atomic E-state index is 12.1. The molecule has 0 aliphatic rings. The SMILES string of the molecule is Cc1cc(=O)oc2cc(OCC(=O)O[C@@H](C)C(=O)Nc3cccc(Cl)c3)ccc12. The van der Waals surface area contributed by atoms with Gasteiger partial charge < -0.3 is 19.2 Å². The van der Waals surface area contributed by atoms with Crippen LogP contribution in [-0.2, 0) is 14.3 Å². The van der Waals surface area contributed by atoms with Crippen LogP contribution in [0.4, 0.5) is 5.69 Å². The van der Waals surface area contributed by atoms with E-state index in [9.17, 15) is 14.4 Å². The molecule has 2 aromatic carbocycles. The third kappa shape index (κ3) is 5.36. The number of rotatable bonds is 6. The van der Waals surface area contributed by atoms with Crippen LogP contribution in [0.25, 0.3) is 11.0 Å². The first kappa shape index (κ1) is 20.4. The molecule has 150 valence electrons. The summed E-state index contributed by atoms with van der Waals surface area (Å²) in [7, 11) is 0. The second-order valence-corrected chi connectivity index (χ2v) is 6.76. The molecule has 0 aliphatic carbocycles. The molecule has 0 radical (unpaired) electrons. The van der Waals surface area contributed by atoms with Crippen LogP contribution in [-0.4, -0.2) is 24.6 Å². The summed E-state index contributed by atoms with van der Waals surface area (Å²) in [4.78, 5) is 35.6. The molecule has 0 saturated heterocycles. The first-order valence-electron chi connectivity index (χ1n) is 8.75. The van der Waals surface area contributed by atoms with Gasteiger partial charge in [0.05, 0.1) is 0 Å². The highest BCUT2D eigenvalue weighted by Gasteiger charge is 2.18. The highest BCUT2D eigenvalue weighted by Crippen LogP contribution is 2.22. The molecule has 1 atom stereocenters. The monoisotopic (exact) mass is 415 g/mol. The Morgan fingerprint density at radius 3 is 2.72 bits per heavy atom. The van der Waals surface area contributed by atoms with Crippen molar-refractivity contribution in [1.82, 2.24) is 0 Å². The number of hydrogen-bond acceptors (Lipinski definition) is 6. The topological polar surface area (TPSA) is 94.8 Å². The zero-order chi connectivity index (χ0) is 21.0. The lowest BCUT2D eigenvalue weighted by Gasteiger charge is -2.14. The Bertz CT molecular complexity index is 1120. The molecular formula is C21H18ClNO6. The molecular weight excluding hydrogens is 398 g/mol. The lowest BCUT2D eigenvalue weighted by atomic mass is 10.1. The Morgan fingerprint density at radius 1 is 1.17 bits per heavy atom. The Kier molecular flexibility index (Phi) is 6.19. The van der Waals surface area contributed by atoms with Gasteiger partial charge in [0.1, 0.15) is 11.3 Å². The first-order valence-corrected chi connectivity index (χ1v) is 9.13. The second kappa shape index (κ2) is 8.79. The standard InChI is InChI=1S/C21H18ClNO6/c1-12-8-19(24)29-18-10-16(6-7-17(12)18)27-11-20(25)28-13(2)21(26)23-15-5-3-4-14(22)9-15/h3-10,13H,11H2,1-2H3,(H,23,26)/t13-/m0/s1. The van der Waals surface area contributed by atoms with Gasteiger partial charge in [0.25, 0.3) is 5.91 Å². The van der Waals surface area contributed by atoms with Crippen LogP contribution in [0.15, 0.2) is 57.7 Å². The van der Waals surface area contributed by atoms with Gasteiger partial charge in [0, 0.05) is 28.2 Å². The van der Waals surface area contributed by atoms with Crippen molar-refractivity contribution in [3.8, 4) is 5.75 Å². The average molecular weight is 416 g/mol. The van der Waals surface area contributed by atoms with Crippen molar-refractivity contribution in [3.05, 3.63) is 69.5 Å². The maximum atomic E-state index is 12.1. The van der Waals surface area contributed by atoms with E-state index in [4.69, 9.17) is 25.5 Å². The van der Waals surface area contributed by atoms with Gasteiger partial charge in [-0.05, 0) is 49.7 Å². The van der Waals surface area contributed by atoms with E-state index in [1.54, 1.807) is 43.3 Å². The predicted octanol–water partition coefficient (Wildman–Crippen LogP) is 3.70. The summed E-state index contributed by atoms with van der Waals surface area (Å²) in [6, 6.07) is 12.9. The van der Waals surface area contributed by atoms with Crippen LogP contribution in [0.1, 0.15) is 12.5 Å². The van der Waals surface area contributed by atoms with Gasteiger partial charge in [-0.1, -0.05) is 17.7 Å². The lowest BCUT2D eigenvalue weighted by molar-refractivity contribution is -0.155. The van der Waals surface area contributed by atoms with Crippen molar-refractivity contribution in [2.45, 2.75) is 20.0 Å². The van der Waals surface area contributed by atoms with E-state index in [-0.39, 0.29) is 0 Å². The number of hydrogen-bond donors (Lipinski definition) is 1. The van der Waals surface area contributed by atoms with Gasteiger partial charge in [-0.3, -0.25) is 4.79 Å². The number of fused-ring (bicyclic) bond motifs is 1. The predicted molar refractivity (Wildman–Crippen MR) is 108 cm³/mol. The summed E-state index contributed by atoms with van der Waals surface area (Å²) in [6.45, 7) is 2.84. The van der Waals surface area contributed by atoms with Crippen molar-refractivity contribution < 1.29 is 23.5 Å². The van der Waals surface area contributed by atoms with E-state index in [1.165, 1.54) is 19.1 Å². The maximum Gasteiger partial charge on any atom is 0.344 e. The molecule has 1 N–H and O–H groups in total. The van der Waals surface area contributed by atoms with Crippen LogP contribution in [0.5, 0.6) is 5.75 Å². The molecule has 3 rings (SSSR count). The van der Waals surface area contributed by atoms with Gasteiger partial charge in [-0.2, -0.15) is 0 Å². The molecule has 0 spiro atoms. The number of ether oxygens (including phenoxy) is 2. The van der Waals surface area contributed by atoms with Crippen molar-refractivity contribution in [1.29, 1.82) is 0 Å². The molecule has 1 amide bonds. The summed E-state index contributed by atoms with van der Waals surface area (Å²) in [5, 5.41) is 3.85. The van der Waals surface area contributed by atoms with E-state index in [2.05, 4.69) is 5.32 Å². The molecule has 1 heterocycles. The minimum atomic E-state index is -1.03. The van der Waals surface area contributed by atoms with Gasteiger partial charge >= 0.3 is 11.6 Å².